The number of nitrogens with one attached hydrogen (secondary N) is 2. The van der Waals surface area contributed by atoms with Crippen LogP contribution in [0.2, 0.25) is 0 Å². The van der Waals surface area contributed by atoms with Crippen molar-refractivity contribution in [1.29, 1.82) is 0 Å². The van der Waals surface area contributed by atoms with Gasteiger partial charge in [-0.05, 0) is 52.5 Å². The second kappa shape index (κ2) is 8.47. The quantitative estimate of drug-likeness (QED) is 0.786. The molecule has 20 heavy (non-hydrogen) atoms. The molecule has 1 heterocycles. The van der Waals surface area contributed by atoms with Gasteiger partial charge in [-0.2, -0.15) is 0 Å². The van der Waals surface area contributed by atoms with Gasteiger partial charge in [-0.25, -0.2) is 4.79 Å². The van der Waals surface area contributed by atoms with Gasteiger partial charge in [0.1, 0.15) is 5.60 Å². The van der Waals surface area contributed by atoms with E-state index in [1.165, 1.54) is 0 Å². The van der Waals surface area contributed by atoms with E-state index >= 15 is 0 Å². The summed E-state index contributed by atoms with van der Waals surface area (Å²) >= 11 is 0. The molecule has 1 fully saturated rings. The van der Waals surface area contributed by atoms with Gasteiger partial charge in [0, 0.05) is 25.8 Å². The lowest BCUT2D eigenvalue weighted by Gasteiger charge is -2.26. The maximum atomic E-state index is 11.6. The molecule has 5 heteroatoms. The van der Waals surface area contributed by atoms with Gasteiger partial charge in [-0.1, -0.05) is 6.92 Å². The minimum absolute atomic E-state index is 0.297. The molecule has 0 aliphatic carbocycles. The molecule has 2 N–H and O–H groups in total. The van der Waals surface area contributed by atoms with Crippen LogP contribution in [0.15, 0.2) is 0 Å². The number of hydrogen-bond acceptors (Lipinski definition) is 4. The average Bonchev–Trinajstić information content (AvgIpc) is 2.38. The Labute approximate surface area is 122 Å². The molecular weight excluding hydrogens is 256 g/mol. The van der Waals surface area contributed by atoms with Crippen LogP contribution < -0.4 is 10.6 Å². The predicted octanol–water partition coefficient (Wildman–Crippen LogP) is 2.31. The first-order valence-electron chi connectivity index (χ1n) is 7.68. The number of alkyl carbamates (subject to hydrolysis) is 1. The molecule has 1 aliphatic rings. The normalized spacial score (nSPS) is 18.6. The minimum atomic E-state index is -0.443. The van der Waals surface area contributed by atoms with E-state index in [4.69, 9.17) is 9.47 Å². The van der Waals surface area contributed by atoms with Gasteiger partial charge in [0.25, 0.3) is 0 Å². The van der Waals surface area contributed by atoms with Crippen LogP contribution in [0.3, 0.4) is 0 Å². The second-order valence-corrected chi connectivity index (χ2v) is 6.45. The number of hydrogen-bond donors (Lipinski definition) is 2. The molecule has 118 valence electrons. The third-order valence-corrected chi connectivity index (χ3v) is 3.42. The highest BCUT2D eigenvalue weighted by molar-refractivity contribution is 5.67. The van der Waals surface area contributed by atoms with Gasteiger partial charge in [-0.3, -0.25) is 0 Å². The second-order valence-electron chi connectivity index (χ2n) is 6.45. The molecule has 1 aliphatic heterocycles. The third kappa shape index (κ3) is 7.70. The summed E-state index contributed by atoms with van der Waals surface area (Å²) in [5.74, 6) is 0.694. The Hall–Kier alpha value is -0.810. The lowest BCUT2D eigenvalue weighted by molar-refractivity contribution is 0.0519. The van der Waals surface area contributed by atoms with Crippen molar-refractivity contribution in [2.45, 2.75) is 58.6 Å². The average molecular weight is 286 g/mol. The van der Waals surface area contributed by atoms with E-state index in [0.29, 0.717) is 18.5 Å². The van der Waals surface area contributed by atoms with Gasteiger partial charge in [0.15, 0.2) is 0 Å². The fourth-order valence-corrected chi connectivity index (χ4v) is 2.17. The monoisotopic (exact) mass is 286 g/mol. The van der Waals surface area contributed by atoms with E-state index in [1.54, 1.807) is 0 Å². The fraction of sp³-hybridized carbons (Fsp3) is 0.933. The Bertz CT molecular complexity index is 283. The highest BCUT2D eigenvalue weighted by atomic mass is 16.6. The van der Waals surface area contributed by atoms with E-state index in [-0.39, 0.29) is 6.09 Å². The summed E-state index contributed by atoms with van der Waals surface area (Å²) in [6.45, 7) is 11.1. The maximum absolute atomic E-state index is 11.6. The van der Waals surface area contributed by atoms with E-state index in [9.17, 15) is 4.79 Å². The van der Waals surface area contributed by atoms with Crippen LogP contribution in [0.25, 0.3) is 0 Å². The Morgan fingerprint density at radius 3 is 2.55 bits per heavy atom. The Morgan fingerprint density at radius 1 is 1.35 bits per heavy atom. The molecule has 0 bridgehead atoms. The molecule has 1 amide bonds. The zero-order valence-electron chi connectivity index (χ0n) is 13.3. The van der Waals surface area contributed by atoms with Crippen molar-refractivity contribution in [3.8, 4) is 0 Å². The number of ether oxygens (including phenoxy) is 2. The maximum Gasteiger partial charge on any atom is 0.407 e. The van der Waals surface area contributed by atoms with Gasteiger partial charge in [0.2, 0.25) is 0 Å². The molecule has 0 aromatic carbocycles. The highest BCUT2D eigenvalue weighted by Crippen LogP contribution is 2.13. The molecule has 0 aromatic heterocycles. The van der Waals surface area contributed by atoms with Crippen molar-refractivity contribution in [3.63, 3.8) is 0 Å². The van der Waals surface area contributed by atoms with E-state index in [1.807, 2.05) is 20.8 Å². The number of carbonyl (C=O) groups is 1. The molecular formula is C15H30N2O3. The van der Waals surface area contributed by atoms with Gasteiger partial charge in [0.05, 0.1) is 0 Å². The zero-order chi connectivity index (χ0) is 15.0. The van der Waals surface area contributed by atoms with Gasteiger partial charge in [-0.15, -0.1) is 0 Å². The highest BCUT2D eigenvalue weighted by Gasteiger charge is 2.18. The lowest BCUT2D eigenvalue weighted by Crippen LogP contribution is -2.44. The van der Waals surface area contributed by atoms with Crippen molar-refractivity contribution >= 4 is 6.09 Å². The molecule has 5 nitrogen and oxygen atoms in total. The summed E-state index contributed by atoms with van der Waals surface area (Å²) < 4.78 is 10.6. The predicted molar refractivity (Wildman–Crippen MR) is 79.9 cm³/mol. The summed E-state index contributed by atoms with van der Waals surface area (Å²) in [6, 6.07) is 0.297. The van der Waals surface area contributed by atoms with Crippen molar-refractivity contribution in [3.05, 3.63) is 0 Å². The van der Waals surface area contributed by atoms with Gasteiger partial charge >= 0.3 is 6.09 Å². The third-order valence-electron chi connectivity index (χ3n) is 3.42. The van der Waals surface area contributed by atoms with Crippen LogP contribution in [-0.2, 0) is 9.47 Å². The summed E-state index contributed by atoms with van der Waals surface area (Å²) in [7, 11) is 0. The first-order valence-corrected chi connectivity index (χ1v) is 7.68. The van der Waals surface area contributed by atoms with E-state index in [0.717, 1.165) is 39.0 Å². The molecule has 1 unspecified atom stereocenters. The number of carbonyl (C=O) groups excluding carboxylic acids is 1. The van der Waals surface area contributed by atoms with Crippen molar-refractivity contribution in [2.75, 3.05) is 26.3 Å². The lowest BCUT2D eigenvalue weighted by atomic mass is 10.00. The Kier molecular flexibility index (Phi) is 7.30. The summed E-state index contributed by atoms with van der Waals surface area (Å²) in [4.78, 5) is 11.6. The van der Waals surface area contributed by atoms with Crippen molar-refractivity contribution in [1.82, 2.24) is 10.6 Å². The van der Waals surface area contributed by atoms with Crippen LogP contribution in [0.4, 0.5) is 4.79 Å². The Balaban J connectivity index is 2.20. The molecule has 1 atom stereocenters. The van der Waals surface area contributed by atoms with Crippen LogP contribution in [0.1, 0.15) is 47.0 Å². The Morgan fingerprint density at radius 2 is 2.00 bits per heavy atom. The topological polar surface area (TPSA) is 59.6 Å². The molecule has 0 saturated carbocycles. The van der Waals surface area contributed by atoms with E-state index < -0.39 is 5.60 Å². The zero-order valence-corrected chi connectivity index (χ0v) is 13.3. The minimum Gasteiger partial charge on any atom is -0.444 e. The molecule has 1 rings (SSSR count). The molecule has 1 saturated heterocycles. The van der Waals surface area contributed by atoms with E-state index in [2.05, 4.69) is 17.6 Å². The smallest absolute Gasteiger partial charge is 0.407 e. The molecule has 0 radical (unpaired) electrons. The van der Waals surface area contributed by atoms with Crippen LogP contribution in [-0.4, -0.2) is 44.0 Å². The first kappa shape index (κ1) is 17.2. The fourth-order valence-electron chi connectivity index (χ4n) is 2.17. The summed E-state index contributed by atoms with van der Waals surface area (Å²) in [5, 5.41) is 6.36. The largest absolute Gasteiger partial charge is 0.444 e. The number of rotatable bonds is 6. The van der Waals surface area contributed by atoms with Crippen molar-refractivity contribution < 1.29 is 14.3 Å². The van der Waals surface area contributed by atoms with Crippen LogP contribution in [0.5, 0.6) is 0 Å². The summed E-state index contributed by atoms with van der Waals surface area (Å²) in [5.41, 5.74) is -0.443. The SMILES string of the molecule is CCC(CNC(=O)OC(C)(C)C)NCC1CCOCC1. The van der Waals surface area contributed by atoms with Crippen LogP contribution in [0, 0.1) is 5.92 Å². The van der Waals surface area contributed by atoms with Gasteiger partial charge < -0.3 is 20.1 Å². The van der Waals surface area contributed by atoms with Crippen LogP contribution >= 0.6 is 0 Å². The standard InChI is InChI=1S/C15H30N2O3/c1-5-13(11-17-14(18)20-15(2,3)4)16-10-12-6-8-19-9-7-12/h12-13,16H,5-11H2,1-4H3,(H,17,18). The molecule has 0 aromatic rings. The van der Waals surface area contributed by atoms with Crippen molar-refractivity contribution in [2.24, 2.45) is 5.92 Å². The summed E-state index contributed by atoms with van der Waals surface area (Å²) in [6.07, 6.45) is 2.90. The molecule has 0 spiro atoms. The number of amides is 1. The first-order chi connectivity index (χ1) is 9.40.